The molecule has 0 unspecified atom stereocenters. The number of rotatable bonds is 3. The quantitative estimate of drug-likeness (QED) is 0.818. The first-order valence-electron chi connectivity index (χ1n) is 7.72. The van der Waals surface area contributed by atoms with Crippen LogP contribution in [0.15, 0.2) is 48.2 Å². The van der Waals surface area contributed by atoms with E-state index in [9.17, 15) is 13.2 Å². The number of pyridine rings is 1. The third-order valence-electron chi connectivity index (χ3n) is 3.74. The standard InChI is InChI=1S/C18H17F3N2O.ClH/c19-18(20,21)17-5-4-16(12-23-17)24-15-3-1-2-14(11-15)10-13-6-8-22-9-7-13;/h1-5,10-12,22H,6-9H2;1H. The highest BCUT2D eigenvalue weighted by Gasteiger charge is 2.32. The largest absolute Gasteiger partial charge is 0.456 e. The predicted molar refractivity (Wildman–Crippen MR) is 93.1 cm³/mol. The molecule has 2 heterocycles. The summed E-state index contributed by atoms with van der Waals surface area (Å²) in [7, 11) is 0. The molecule has 0 aliphatic carbocycles. The molecule has 3 nitrogen and oxygen atoms in total. The molecule has 1 aromatic carbocycles. The van der Waals surface area contributed by atoms with E-state index in [0.717, 1.165) is 43.8 Å². The van der Waals surface area contributed by atoms with E-state index < -0.39 is 11.9 Å². The molecule has 0 spiro atoms. The minimum atomic E-state index is -4.44. The van der Waals surface area contributed by atoms with Crippen LogP contribution in [0.2, 0.25) is 0 Å². The summed E-state index contributed by atoms with van der Waals surface area (Å²) < 4.78 is 43.1. The Bertz CT molecular complexity index is 722. The van der Waals surface area contributed by atoms with Crippen molar-refractivity contribution in [2.75, 3.05) is 13.1 Å². The summed E-state index contributed by atoms with van der Waals surface area (Å²) in [6.45, 7) is 1.97. The van der Waals surface area contributed by atoms with E-state index in [-0.39, 0.29) is 18.2 Å². The number of ether oxygens (including phenoxy) is 1. The summed E-state index contributed by atoms with van der Waals surface area (Å²) in [5, 5.41) is 3.31. The van der Waals surface area contributed by atoms with Gasteiger partial charge >= 0.3 is 6.18 Å². The Labute approximate surface area is 150 Å². The maximum Gasteiger partial charge on any atom is 0.433 e. The highest BCUT2D eigenvalue weighted by atomic mass is 35.5. The molecule has 134 valence electrons. The van der Waals surface area contributed by atoms with Crippen LogP contribution >= 0.6 is 12.4 Å². The van der Waals surface area contributed by atoms with Crippen LogP contribution in [0.25, 0.3) is 6.08 Å². The lowest BCUT2D eigenvalue weighted by Gasteiger charge is -2.15. The van der Waals surface area contributed by atoms with E-state index >= 15 is 0 Å². The third kappa shape index (κ3) is 5.47. The first kappa shape index (κ1) is 19.3. The Morgan fingerprint density at radius 2 is 1.80 bits per heavy atom. The van der Waals surface area contributed by atoms with Crippen LogP contribution in [0.4, 0.5) is 13.2 Å². The van der Waals surface area contributed by atoms with E-state index in [0.29, 0.717) is 5.75 Å². The van der Waals surface area contributed by atoms with Crippen LogP contribution in [0.3, 0.4) is 0 Å². The Kier molecular flexibility index (Phi) is 6.45. The topological polar surface area (TPSA) is 34.1 Å². The summed E-state index contributed by atoms with van der Waals surface area (Å²) in [5.41, 5.74) is 1.46. The van der Waals surface area contributed by atoms with E-state index in [2.05, 4.69) is 16.4 Å². The molecule has 1 saturated heterocycles. The van der Waals surface area contributed by atoms with Gasteiger partial charge in [-0.05, 0) is 55.8 Å². The molecule has 1 aliphatic rings. The van der Waals surface area contributed by atoms with Crippen molar-refractivity contribution >= 4 is 18.5 Å². The summed E-state index contributed by atoms with van der Waals surface area (Å²) in [4.78, 5) is 3.39. The van der Waals surface area contributed by atoms with Crippen LogP contribution in [0.5, 0.6) is 11.5 Å². The molecule has 0 saturated carbocycles. The fourth-order valence-electron chi connectivity index (χ4n) is 2.54. The molecule has 3 rings (SSSR count). The van der Waals surface area contributed by atoms with Gasteiger partial charge in [-0.2, -0.15) is 13.2 Å². The third-order valence-corrected chi connectivity index (χ3v) is 3.74. The van der Waals surface area contributed by atoms with Gasteiger partial charge in [-0.1, -0.05) is 23.8 Å². The predicted octanol–water partition coefficient (Wildman–Crippen LogP) is 5.08. The summed E-state index contributed by atoms with van der Waals surface area (Å²) in [5.74, 6) is 0.842. The molecule has 25 heavy (non-hydrogen) atoms. The van der Waals surface area contributed by atoms with Crippen LogP contribution in [0, 0.1) is 0 Å². The van der Waals surface area contributed by atoms with Gasteiger partial charge < -0.3 is 10.1 Å². The molecule has 0 radical (unpaired) electrons. The van der Waals surface area contributed by atoms with Gasteiger partial charge in [0, 0.05) is 0 Å². The van der Waals surface area contributed by atoms with Crippen LogP contribution in [0.1, 0.15) is 24.1 Å². The highest BCUT2D eigenvalue weighted by Crippen LogP contribution is 2.29. The molecule has 1 aromatic heterocycles. The van der Waals surface area contributed by atoms with Gasteiger partial charge in [0.2, 0.25) is 0 Å². The van der Waals surface area contributed by atoms with E-state index in [1.165, 1.54) is 11.6 Å². The summed E-state index contributed by atoms with van der Waals surface area (Å²) in [6, 6.07) is 9.66. The minimum absolute atomic E-state index is 0. The molecule has 1 N–H and O–H groups in total. The lowest BCUT2D eigenvalue weighted by molar-refractivity contribution is -0.141. The Morgan fingerprint density at radius 1 is 1.04 bits per heavy atom. The smallest absolute Gasteiger partial charge is 0.433 e. The number of nitrogens with zero attached hydrogens (tertiary/aromatic N) is 1. The number of benzene rings is 1. The SMILES string of the molecule is Cl.FC(F)(F)c1ccc(Oc2cccc(C=C3CCNCC3)c2)cn1. The highest BCUT2D eigenvalue weighted by molar-refractivity contribution is 5.85. The fraction of sp³-hybridized carbons (Fsp3) is 0.278. The maximum atomic E-state index is 12.5. The molecular weight excluding hydrogens is 353 g/mol. The monoisotopic (exact) mass is 370 g/mol. The minimum Gasteiger partial charge on any atom is -0.456 e. The van der Waals surface area contributed by atoms with Crippen LogP contribution in [-0.4, -0.2) is 18.1 Å². The van der Waals surface area contributed by atoms with Crippen LogP contribution < -0.4 is 10.1 Å². The number of hydrogen-bond donors (Lipinski definition) is 1. The second-order valence-electron chi connectivity index (χ2n) is 5.60. The van der Waals surface area contributed by atoms with Gasteiger partial charge in [0.05, 0.1) is 6.20 Å². The van der Waals surface area contributed by atoms with Crippen molar-refractivity contribution in [3.63, 3.8) is 0 Å². The first-order chi connectivity index (χ1) is 11.5. The van der Waals surface area contributed by atoms with Gasteiger partial charge in [0.25, 0.3) is 0 Å². The fourth-order valence-corrected chi connectivity index (χ4v) is 2.54. The second-order valence-corrected chi connectivity index (χ2v) is 5.60. The second kappa shape index (κ2) is 8.36. The van der Waals surface area contributed by atoms with Gasteiger partial charge in [0.15, 0.2) is 0 Å². The maximum absolute atomic E-state index is 12.5. The van der Waals surface area contributed by atoms with E-state index in [1.54, 1.807) is 6.07 Å². The lowest BCUT2D eigenvalue weighted by atomic mass is 10.0. The van der Waals surface area contributed by atoms with Gasteiger partial charge in [-0.15, -0.1) is 12.4 Å². The normalized spacial score (nSPS) is 14.6. The number of nitrogens with one attached hydrogen (secondary N) is 1. The number of halogens is 4. The van der Waals surface area contributed by atoms with Crippen molar-refractivity contribution in [1.82, 2.24) is 10.3 Å². The zero-order valence-corrected chi connectivity index (χ0v) is 14.2. The van der Waals surface area contributed by atoms with E-state index in [1.807, 2.05) is 18.2 Å². The van der Waals surface area contributed by atoms with Gasteiger partial charge in [-0.3, -0.25) is 0 Å². The molecule has 2 aromatic rings. The van der Waals surface area contributed by atoms with Crippen molar-refractivity contribution in [3.8, 4) is 11.5 Å². The summed E-state index contributed by atoms with van der Waals surface area (Å²) in [6.07, 6.45) is 0.820. The van der Waals surface area contributed by atoms with Gasteiger partial charge in [-0.25, -0.2) is 4.98 Å². The molecule has 7 heteroatoms. The Morgan fingerprint density at radius 3 is 2.44 bits per heavy atom. The average molecular weight is 371 g/mol. The zero-order valence-electron chi connectivity index (χ0n) is 13.3. The Balaban J connectivity index is 0.00000225. The number of alkyl halides is 3. The molecular formula is C18H18ClF3N2O. The number of hydrogen-bond acceptors (Lipinski definition) is 3. The first-order valence-corrected chi connectivity index (χ1v) is 7.72. The van der Waals surface area contributed by atoms with Crippen molar-refractivity contribution in [2.45, 2.75) is 19.0 Å². The number of aromatic nitrogens is 1. The zero-order chi connectivity index (χ0) is 17.0. The van der Waals surface area contributed by atoms with Gasteiger partial charge in [0.1, 0.15) is 17.2 Å². The average Bonchev–Trinajstić information content (AvgIpc) is 2.56. The van der Waals surface area contributed by atoms with Crippen molar-refractivity contribution in [1.29, 1.82) is 0 Å². The van der Waals surface area contributed by atoms with Crippen molar-refractivity contribution < 1.29 is 17.9 Å². The Hall–Kier alpha value is -2.05. The summed E-state index contributed by atoms with van der Waals surface area (Å²) >= 11 is 0. The molecule has 0 amide bonds. The molecule has 1 fully saturated rings. The molecule has 1 aliphatic heterocycles. The molecule has 0 atom stereocenters. The lowest BCUT2D eigenvalue weighted by Crippen LogP contribution is -2.22. The van der Waals surface area contributed by atoms with Crippen molar-refractivity contribution in [2.24, 2.45) is 0 Å². The van der Waals surface area contributed by atoms with E-state index in [4.69, 9.17) is 4.74 Å². The van der Waals surface area contributed by atoms with Crippen molar-refractivity contribution in [3.05, 3.63) is 59.4 Å². The number of piperidine rings is 1. The molecule has 0 bridgehead atoms. The van der Waals surface area contributed by atoms with Crippen LogP contribution in [-0.2, 0) is 6.18 Å².